The van der Waals surface area contributed by atoms with Gasteiger partial charge in [0.25, 0.3) is 0 Å². The average Bonchev–Trinajstić information content (AvgIpc) is 2.30. The van der Waals surface area contributed by atoms with E-state index in [4.69, 9.17) is 4.74 Å². The molecular formula is C13H12LiOP. The van der Waals surface area contributed by atoms with E-state index in [0.717, 1.165) is 11.1 Å². The minimum Gasteiger partial charge on any atom is -0.525 e. The van der Waals surface area contributed by atoms with Crippen LogP contribution in [-0.4, -0.2) is 0 Å². The molecule has 0 bridgehead atoms. The fraction of sp³-hybridized carbons (Fsp3) is 0.0769. The van der Waals surface area contributed by atoms with Gasteiger partial charge in [0.15, 0.2) is 0 Å². The topological polar surface area (TPSA) is 9.23 Å². The molecule has 0 aliphatic heterocycles. The van der Waals surface area contributed by atoms with Crippen molar-refractivity contribution in [2.45, 2.75) is 6.61 Å². The van der Waals surface area contributed by atoms with Gasteiger partial charge in [0.1, 0.15) is 12.4 Å². The van der Waals surface area contributed by atoms with Gasteiger partial charge in [0, 0.05) is 0 Å². The molecule has 0 unspecified atom stereocenters. The summed E-state index contributed by atoms with van der Waals surface area (Å²) in [6.45, 7) is 0.613. The molecule has 0 heterocycles. The molecule has 3 heteroatoms. The summed E-state index contributed by atoms with van der Waals surface area (Å²) < 4.78 is 5.63. The molecule has 16 heavy (non-hydrogen) atoms. The quantitative estimate of drug-likeness (QED) is 0.526. The van der Waals surface area contributed by atoms with E-state index in [1.165, 1.54) is 5.56 Å². The summed E-state index contributed by atoms with van der Waals surface area (Å²) in [6, 6.07) is 18.0. The van der Waals surface area contributed by atoms with Crippen LogP contribution in [0, 0.1) is 0 Å². The molecule has 0 radical (unpaired) electrons. The zero-order valence-electron chi connectivity index (χ0n) is 9.31. The predicted octanol–water partition coefficient (Wildman–Crippen LogP) is 0.0377. The standard InChI is InChI=1S/C13H12OP.Li/c15-13-8-6-12(7-9-13)14-10-11-4-2-1-3-5-11;/h1-9,15H,10H2;/q-1;+1. The molecule has 0 aliphatic rings. The average molecular weight is 222 g/mol. The van der Waals surface area contributed by atoms with Crippen LogP contribution in [0.4, 0.5) is 0 Å². The molecule has 0 spiro atoms. The van der Waals surface area contributed by atoms with Gasteiger partial charge in [0.05, 0.1) is 0 Å². The normalized spacial score (nSPS) is 9.31. The van der Waals surface area contributed by atoms with Crippen LogP contribution in [0.15, 0.2) is 54.6 Å². The molecule has 2 aromatic rings. The smallest absolute Gasteiger partial charge is 0.525 e. The zero-order valence-corrected chi connectivity index (χ0v) is 10.3. The number of benzene rings is 2. The molecule has 0 saturated carbocycles. The number of hydrogen-bond donors (Lipinski definition) is 0. The van der Waals surface area contributed by atoms with Crippen molar-refractivity contribution >= 4 is 14.5 Å². The van der Waals surface area contributed by atoms with Crippen LogP contribution in [0.3, 0.4) is 0 Å². The van der Waals surface area contributed by atoms with Crippen molar-refractivity contribution in [3.8, 4) is 5.75 Å². The Morgan fingerprint density at radius 1 is 0.875 bits per heavy atom. The Kier molecular flexibility index (Phi) is 5.64. The third kappa shape index (κ3) is 4.03. The Balaban J connectivity index is 0.00000128. The first-order chi connectivity index (χ1) is 7.34. The number of ether oxygens (including phenoxy) is 1. The predicted molar refractivity (Wildman–Crippen MR) is 65.2 cm³/mol. The third-order valence-electron chi connectivity index (χ3n) is 2.10. The SMILES string of the molecule is [Li+].[PH-]c1ccc(OCc2ccccc2)cc1. The Morgan fingerprint density at radius 2 is 1.50 bits per heavy atom. The Hall–Kier alpha value is -0.733. The maximum atomic E-state index is 5.63. The van der Waals surface area contributed by atoms with Gasteiger partial charge in [-0.05, 0) is 17.7 Å². The summed E-state index contributed by atoms with van der Waals surface area (Å²) >= 11 is 0. The van der Waals surface area contributed by atoms with Crippen LogP contribution in [0.5, 0.6) is 5.75 Å². The molecule has 1 nitrogen and oxygen atoms in total. The molecule has 0 fully saturated rings. The van der Waals surface area contributed by atoms with E-state index in [-0.39, 0.29) is 18.9 Å². The molecule has 0 N–H and O–H groups in total. The third-order valence-corrected chi connectivity index (χ3v) is 2.44. The monoisotopic (exact) mass is 222 g/mol. The molecule has 0 aromatic heterocycles. The molecule has 2 rings (SSSR count). The largest absolute Gasteiger partial charge is 1.00 e. The van der Waals surface area contributed by atoms with Gasteiger partial charge in [0.2, 0.25) is 0 Å². The first-order valence-electron chi connectivity index (χ1n) is 4.83. The van der Waals surface area contributed by atoms with Crippen LogP contribution >= 0.6 is 9.24 Å². The van der Waals surface area contributed by atoms with Crippen molar-refractivity contribution in [2.75, 3.05) is 0 Å². The zero-order chi connectivity index (χ0) is 10.5. The Bertz CT molecular complexity index is 414. The van der Waals surface area contributed by atoms with E-state index in [9.17, 15) is 0 Å². The fourth-order valence-electron chi connectivity index (χ4n) is 1.29. The van der Waals surface area contributed by atoms with Crippen LogP contribution in [0.25, 0.3) is 0 Å². The molecular weight excluding hydrogens is 210 g/mol. The minimum absolute atomic E-state index is 0. The maximum Gasteiger partial charge on any atom is 1.00 e. The van der Waals surface area contributed by atoms with Crippen molar-refractivity contribution in [3.05, 3.63) is 60.2 Å². The van der Waals surface area contributed by atoms with Crippen LogP contribution in [0.1, 0.15) is 5.56 Å². The van der Waals surface area contributed by atoms with Gasteiger partial charge in [-0.25, -0.2) is 5.30 Å². The van der Waals surface area contributed by atoms with Crippen molar-refractivity contribution in [3.63, 3.8) is 0 Å². The summed E-state index contributed by atoms with van der Waals surface area (Å²) in [6.07, 6.45) is 0. The summed E-state index contributed by atoms with van der Waals surface area (Å²) in [4.78, 5) is 0. The van der Waals surface area contributed by atoms with Crippen molar-refractivity contribution in [2.24, 2.45) is 0 Å². The number of rotatable bonds is 3. The molecule has 76 valence electrons. The molecule has 0 aliphatic carbocycles. The van der Waals surface area contributed by atoms with Crippen molar-refractivity contribution in [1.29, 1.82) is 0 Å². The minimum atomic E-state index is 0. The summed E-state index contributed by atoms with van der Waals surface area (Å²) in [5.74, 6) is 0.890. The van der Waals surface area contributed by atoms with Crippen LogP contribution < -0.4 is 28.9 Å². The second kappa shape index (κ2) is 6.77. The van der Waals surface area contributed by atoms with E-state index in [1.807, 2.05) is 42.5 Å². The van der Waals surface area contributed by atoms with Gasteiger partial charge >= 0.3 is 18.9 Å². The summed E-state index contributed by atoms with van der Waals surface area (Å²) in [7, 11) is 3.43. The van der Waals surface area contributed by atoms with E-state index >= 15 is 0 Å². The van der Waals surface area contributed by atoms with Gasteiger partial charge in [-0.2, -0.15) is 0 Å². The molecule has 0 saturated heterocycles. The van der Waals surface area contributed by atoms with Crippen molar-refractivity contribution in [1.82, 2.24) is 0 Å². The molecule has 2 aromatic carbocycles. The van der Waals surface area contributed by atoms with E-state index < -0.39 is 0 Å². The van der Waals surface area contributed by atoms with E-state index in [1.54, 1.807) is 0 Å². The maximum absolute atomic E-state index is 5.63. The van der Waals surface area contributed by atoms with Gasteiger partial charge in [-0.3, -0.25) is 0 Å². The number of hydrogen-bond acceptors (Lipinski definition) is 1. The molecule has 0 amide bonds. The van der Waals surface area contributed by atoms with Gasteiger partial charge < -0.3 is 14.0 Å². The molecule has 0 atom stereocenters. The Labute approximate surface area is 111 Å². The Morgan fingerprint density at radius 3 is 2.12 bits per heavy atom. The van der Waals surface area contributed by atoms with E-state index in [0.29, 0.717) is 6.61 Å². The van der Waals surface area contributed by atoms with Gasteiger partial charge in [-0.1, -0.05) is 42.5 Å². The second-order valence-electron chi connectivity index (χ2n) is 3.30. The van der Waals surface area contributed by atoms with E-state index in [2.05, 4.69) is 21.4 Å². The first kappa shape index (κ1) is 13.3. The first-order valence-corrected chi connectivity index (χ1v) is 5.33. The van der Waals surface area contributed by atoms with Gasteiger partial charge in [-0.15, -0.1) is 0 Å². The van der Waals surface area contributed by atoms with Crippen molar-refractivity contribution < 1.29 is 23.6 Å². The summed E-state index contributed by atoms with van der Waals surface area (Å²) in [5.41, 5.74) is 1.18. The summed E-state index contributed by atoms with van der Waals surface area (Å²) in [5, 5.41) is 1.06. The second-order valence-corrected chi connectivity index (χ2v) is 3.88. The van der Waals surface area contributed by atoms with Crippen LogP contribution in [0.2, 0.25) is 0 Å². The van der Waals surface area contributed by atoms with Crippen LogP contribution in [-0.2, 0) is 6.61 Å². The fourth-order valence-corrected chi connectivity index (χ4v) is 1.46.